The molecule has 0 aliphatic heterocycles. The molecule has 0 aromatic carbocycles. The fourth-order valence-electron chi connectivity index (χ4n) is 3.63. The number of thiophene rings is 1. The number of likely N-dealkylation sites (N-methyl/N-ethyl adjacent to an activating group) is 1. The van der Waals surface area contributed by atoms with Crippen LogP contribution in [0.3, 0.4) is 0 Å². The first-order valence-corrected chi connectivity index (χ1v) is 9.07. The van der Waals surface area contributed by atoms with Gasteiger partial charge < -0.3 is 9.42 Å². The van der Waals surface area contributed by atoms with Gasteiger partial charge in [0.2, 0.25) is 5.91 Å². The third-order valence-corrected chi connectivity index (χ3v) is 6.38. The summed E-state index contributed by atoms with van der Waals surface area (Å²) in [5.74, 6) is 1.72. The second-order valence-electron chi connectivity index (χ2n) is 7.60. The van der Waals surface area contributed by atoms with Crippen LogP contribution in [0.15, 0.2) is 28.1 Å². The van der Waals surface area contributed by atoms with Crippen molar-refractivity contribution in [3.63, 3.8) is 0 Å². The van der Waals surface area contributed by atoms with Crippen LogP contribution in [0.1, 0.15) is 55.4 Å². The van der Waals surface area contributed by atoms with E-state index in [1.54, 1.807) is 11.3 Å². The molecule has 1 amide bonds. The number of carbonyl (C=O) groups is 1. The van der Waals surface area contributed by atoms with Crippen molar-refractivity contribution in [1.82, 2.24) is 10.1 Å². The summed E-state index contributed by atoms with van der Waals surface area (Å²) in [5.41, 5.74) is 0.507. The lowest BCUT2D eigenvalue weighted by atomic mass is 9.92. The predicted molar refractivity (Wildman–Crippen MR) is 89.3 cm³/mol. The fourth-order valence-corrected chi connectivity index (χ4v) is 4.73. The molecule has 1 unspecified atom stereocenters. The van der Waals surface area contributed by atoms with Crippen molar-refractivity contribution < 1.29 is 9.32 Å². The number of aromatic nitrogens is 1. The average Bonchev–Trinajstić information content (AvgIpc) is 3.27. The van der Waals surface area contributed by atoms with Crippen molar-refractivity contribution >= 4 is 17.2 Å². The molecule has 2 heterocycles. The Morgan fingerprint density at radius 2 is 2.22 bits per heavy atom. The first-order chi connectivity index (χ1) is 10.9. The summed E-state index contributed by atoms with van der Waals surface area (Å²) in [6.07, 6.45) is 3.30. The molecule has 5 heteroatoms. The van der Waals surface area contributed by atoms with Crippen molar-refractivity contribution in [2.75, 3.05) is 7.05 Å². The van der Waals surface area contributed by atoms with Gasteiger partial charge in [0.15, 0.2) is 0 Å². The molecule has 0 radical (unpaired) electrons. The molecule has 122 valence electrons. The summed E-state index contributed by atoms with van der Waals surface area (Å²) < 4.78 is 5.40. The molecule has 4 nitrogen and oxygen atoms in total. The van der Waals surface area contributed by atoms with Crippen LogP contribution in [0.25, 0.3) is 0 Å². The van der Waals surface area contributed by atoms with E-state index in [1.165, 1.54) is 17.7 Å². The molecule has 23 heavy (non-hydrogen) atoms. The smallest absolute Gasteiger partial charge is 0.234 e. The van der Waals surface area contributed by atoms with Gasteiger partial charge in [-0.25, -0.2) is 0 Å². The maximum absolute atomic E-state index is 13.2. The second-order valence-corrected chi connectivity index (χ2v) is 8.55. The van der Waals surface area contributed by atoms with Crippen molar-refractivity contribution in [2.45, 2.75) is 51.0 Å². The summed E-state index contributed by atoms with van der Waals surface area (Å²) in [7, 11) is 1.87. The monoisotopic (exact) mass is 330 g/mol. The topological polar surface area (TPSA) is 46.3 Å². The van der Waals surface area contributed by atoms with Gasteiger partial charge in [0.25, 0.3) is 0 Å². The zero-order chi connectivity index (χ0) is 16.2. The third kappa shape index (κ3) is 2.33. The predicted octanol–water partition coefficient (Wildman–Crippen LogP) is 3.94. The molecule has 4 rings (SSSR count). The van der Waals surface area contributed by atoms with Crippen molar-refractivity contribution in [2.24, 2.45) is 5.41 Å². The number of amides is 1. The second kappa shape index (κ2) is 4.94. The summed E-state index contributed by atoms with van der Waals surface area (Å²) in [6.45, 7) is 4.87. The average molecular weight is 330 g/mol. The van der Waals surface area contributed by atoms with Crippen LogP contribution in [0.4, 0.5) is 0 Å². The number of rotatable bonds is 5. The molecule has 2 aliphatic carbocycles. The number of nitrogens with zero attached hydrogens (tertiary/aromatic N) is 2. The van der Waals surface area contributed by atoms with E-state index in [1.807, 2.05) is 24.1 Å². The van der Waals surface area contributed by atoms with Gasteiger partial charge in [0.1, 0.15) is 11.5 Å². The van der Waals surface area contributed by atoms with Crippen LogP contribution in [-0.2, 0) is 16.8 Å². The molecule has 2 fully saturated rings. The molecule has 0 spiro atoms. The van der Waals surface area contributed by atoms with E-state index in [0.29, 0.717) is 12.5 Å². The summed E-state index contributed by atoms with van der Waals surface area (Å²) in [4.78, 5) is 16.2. The minimum Gasteiger partial charge on any atom is -0.361 e. The Bertz CT molecular complexity index is 730. The highest BCUT2D eigenvalue weighted by atomic mass is 32.1. The Morgan fingerprint density at radius 3 is 2.78 bits per heavy atom. The molecule has 2 aromatic heterocycles. The van der Waals surface area contributed by atoms with E-state index in [0.717, 1.165) is 17.9 Å². The van der Waals surface area contributed by atoms with E-state index >= 15 is 0 Å². The Hall–Kier alpha value is -1.62. The quantitative estimate of drug-likeness (QED) is 0.834. The lowest BCUT2D eigenvalue weighted by Crippen LogP contribution is -2.38. The molecular formula is C18H22N2O2S. The van der Waals surface area contributed by atoms with Crippen molar-refractivity contribution in [3.8, 4) is 0 Å². The van der Waals surface area contributed by atoms with Gasteiger partial charge >= 0.3 is 0 Å². The standard InChI is InChI=1S/C18H22N2O2S/c1-17(2)11-18(17,15-5-4-8-23-15)16(21)20(3)10-13-9-14(22-19-13)12-6-7-12/h4-5,8-9,12H,6-7,10-11H2,1-3H3. The van der Waals surface area contributed by atoms with Crippen LogP contribution >= 0.6 is 11.3 Å². The zero-order valence-electron chi connectivity index (χ0n) is 13.8. The third-order valence-electron chi connectivity index (χ3n) is 5.35. The van der Waals surface area contributed by atoms with E-state index in [4.69, 9.17) is 4.52 Å². The number of hydrogen-bond donors (Lipinski definition) is 0. The van der Waals surface area contributed by atoms with E-state index in [-0.39, 0.29) is 16.7 Å². The van der Waals surface area contributed by atoms with Crippen LogP contribution in [0.2, 0.25) is 0 Å². The van der Waals surface area contributed by atoms with Gasteiger partial charge in [-0.2, -0.15) is 0 Å². The maximum atomic E-state index is 13.2. The lowest BCUT2D eigenvalue weighted by Gasteiger charge is -2.25. The molecule has 2 saturated carbocycles. The molecule has 0 bridgehead atoms. The van der Waals surface area contributed by atoms with Crippen LogP contribution in [-0.4, -0.2) is 23.0 Å². The van der Waals surface area contributed by atoms with Gasteiger partial charge in [0, 0.05) is 23.9 Å². The minimum absolute atomic E-state index is 0.0200. The number of hydrogen-bond acceptors (Lipinski definition) is 4. The van der Waals surface area contributed by atoms with E-state index < -0.39 is 0 Å². The normalized spacial score (nSPS) is 25.3. The number of carbonyl (C=O) groups excluding carboxylic acids is 1. The molecule has 0 N–H and O–H groups in total. The molecule has 1 atom stereocenters. The van der Waals surface area contributed by atoms with Gasteiger partial charge in [-0.1, -0.05) is 25.1 Å². The van der Waals surface area contributed by atoms with Gasteiger partial charge in [-0.05, 0) is 36.1 Å². The van der Waals surface area contributed by atoms with Gasteiger partial charge in [-0.15, -0.1) is 11.3 Å². The highest BCUT2D eigenvalue weighted by Gasteiger charge is 2.68. The van der Waals surface area contributed by atoms with Gasteiger partial charge in [0.05, 0.1) is 12.0 Å². The van der Waals surface area contributed by atoms with Crippen LogP contribution < -0.4 is 0 Å². The highest BCUT2D eigenvalue weighted by molar-refractivity contribution is 7.10. The van der Waals surface area contributed by atoms with Crippen molar-refractivity contribution in [3.05, 3.63) is 39.9 Å². The minimum atomic E-state index is -0.362. The van der Waals surface area contributed by atoms with E-state index in [9.17, 15) is 4.79 Å². The molecule has 2 aliphatic rings. The van der Waals surface area contributed by atoms with Crippen LogP contribution in [0.5, 0.6) is 0 Å². The highest BCUT2D eigenvalue weighted by Crippen LogP contribution is 2.66. The van der Waals surface area contributed by atoms with E-state index in [2.05, 4.69) is 30.5 Å². The zero-order valence-corrected chi connectivity index (χ0v) is 14.7. The summed E-state index contributed by atoms with van der Waals surface area (Å²) in [5, 5.41) is 6.19. The van der Waals surface area contributed by atoms with Crippen LogP contribution in [0, 0.1) is 5.41 Å². The first kappa shape index (κ1) is 14.9. The Kier molecular flexibility index (Phi) is 3.21. The maximum Gasteiger partial charge on any atom is 0.234 e. The summed E-state index contributed by atoms with van der Waals surface area (Å²) in [6, 6.07) is 6.13. The largest absolute Gasteiger partial charge is 0.361 e. The Morgan fingerprint density at radius 1 is 1.48 bits per heavy atom. The molecular weight excluding hydrogens is 308 g/mol. The molecule has 0 saturated heterocycles. The van der Waals surface area contributed by atoms with Crippen molar-refractivity contribution in [1.29, 1.82) is 0 Å². The Balaban J connectivity index is 1.53. The summed E-state index contributed by atoms with van der Waals surface area (Å²) >= 11 is 1.68. The first-order valence-electron chi connectivity index (χ1n) is 8.19. The molecule has 2 aromatic rings. The fraction of sp³-hybridized carbons (Fsp3) is 0.556. The van der Waals surface area contributed by atoms with Gasteiger partial charge in [-0.3, -0.25) is 4.79 Å². The SMILES string of the molecule is CN(Cc1cc(C2CC2)on1)C(=O)C1(c2cccs2)CC1(C)C. The lowest BCUT2D eigenvalue weighted by molar-refractivity contribution is -0.134. The Labute approximate surface area is 140 Å².